The van der Waals surface area contributed by atoms with Crippen LogP contribution in [0.2, 0.25) is 0 Å². The number of anilines is 1. The average molecular weight is 400 g/mol. The Morgan fingerprint density at radius 2 is 1.80 bits per heavy atom. The van der Waals surface area contributed by atoms with E-state index in [4.69, 9.17) is 9.15 Å². The number of oxazole rings is 1. The summed E-state index contributed by atoms with van der Waals surface area (Å²) in [6.07, 6.45) is 0. The maximum absolute atomic E-state index is 12.7. The Bertz CT molecular complexity index is 1210. The fraction of sp³-hybridized carbons (Fsp3) is 0.200. The van der Waals surface area contributed by atoms with Gasteiger partial charge in [0, 0.05) is 22.9 Å². The van der Waals surface area contributed by atoms with E-state index < -0.39 is 0 Å². The predicted octanol–water partition coefficient (Wildman–Crippen LogP) is 6.19. The maximum Gasteiger partial charge on any atom is 0.255 e. The molecule has 0 bridgehead atoms. The van der Waals surface area contributed by atoms with E-state index in [0.29, 0.717) is 23.0 Å². The number of ether oxygens (including phenoxy) is 1. The minimum Gasteiger partial charge on any atom is -0.497 e. The second-order valence-electron chi connectivity index (χ2n) is 7.61. The largest absolute Gasteiger partial charge is 0.497 e. The molecule has 4 rings (SSSR count). The highest BCUT2D eigenvalue weighted by Crippen LogP contribution is 2.30. The lowest BCUT2D eigenvalue weighted by Crippen LogP contribution is -2.13. The van der Waals surface area contributed by atoms with Gasteiger partial charge in [-0.3, -0.25) is 4.79 Å². The molecule has 1 heterocycles. The number of carbonyl (C=O) groups is 1. The third-order valence-corrected chi connectivity index (χ3v) is 5.17. The first kappa shape index (κ1) is 19.7. The number of amides is 1. The van der Waals surface area contributed by atoms with Crippen LogP contribution in [0.3, 0.4) is 0 Å². The topological polar surface area (TPSA) is 64.4 Å². The van der Waals surface area contributed by atoms with Gasteiger partial charge in [-0.15, -0.1) is 0 Å². The first-order chi connectivity index (χ1) is 14.4. The summed E-state index contributed by atoms with van der Waals surface area (Å²) in [4.78, 5) is 17.3. The third-order valence-electron chi connectivity index (χ3n) is 5.17. The highest BCUT2D eigenvalue weighted by atomic mass is 16.5. The molecule has 0 aliphatic rings. The monoisotopic (exact) mass is 400 g/mol. The summed E-state index contributed by atoms with van der Waals surface area (Å²) in [5.74, 6) is 1.50. The Hall–Kier alpha value is -3.60. The summed E-state index contributed by atoms with van der Waals surface area (Å²) in [5.41, 5.74) is 5.72. The van der Waals surface area contributed by atoms with Crippen LogP contribution in [0, 0.1) is 6.92 Å². The SMILES string of the molecule is COc1ccc2oc(-c3ccc(C)c(NC(=O)c4ccc(C(C)C)cc4)c3)nc2c1. The van der Waals surface area contributed by atoms with Crippen LogP contribution < -0.4 is 10.1 Å². The molecule has 3 aromatic carbocycles. The van der Waals surface area contributed by atoms with Crippen molar-refractivity contribution in [3.8, 4) is 17.2 Å². The molecule has 5 heteroatoms. The molecule has 0 fully saturated rings. The van der Waals surface area contributed by atoms with E-state index in [2.05, 4.69) is 24.1 Å². The zero-order valence-corrected chi connectivity index (χ0v) is 17.5. The van der Waals surface area contributed by atoms with E-state index >= 15 is 0 Å². The Balaban J connectivity index is 1.61. The van der Waals surface area contributed by atoms with E-state index in [1.54, 1.807) is 7.11 Å². The second-order valence-corrected chi connectivity index (χ2v) is 7.61. The number of fused-ring (bicyclic) bond motifs is 1. The van der Waals surface area contributed by atoms with Crippen LogP contribution in [0.15, 0.2) is 65.1 Å². The molecule has 0 saturated carbocycles. The number of aryl methyl sites for hydroxylation is 1. The zero-order valence-electron chi connectivity index (χ0n) is 17.5. The molecule has 5 nitrogen and oxygen atoms in total. The van der Waals surface area contributed by atoms with Gasteiger partial charge >= 0.3 is 0 Å². The standard InChI is InChI=1S/C25H24N2O3/c1-15(2)17-7-9-18(10-8-17)24(28)26-21-13-19(6-5-16(21)3)25-27-22-14-20(29-4)11-12-23(22)30-25/h5-15H,1-4H3,(H,26,28). The molecule has 0 radical (unpaired) electrons. The van der Waals surface area contributed by atoms with Crippen LogP contribution >= 0.6 is 0 Å². The Morgan fingerprint density at radius 1 is 1.03 bits per heavy atom. The smallest absolute Gasteiger partial charge is 0.255 e. The lowest BCUT2D eigenvalue weighted by molar-refractivity contribution is 0.102. The molecule has 1 aromatic heterocycles. The van der Waals surface area contributed by atoms with E-state index in [1.807, 2.05) is 67.6 Å². The lowest BCUT2D eigenvalue weighted by Gasteiger charge is -2.11. The van der Waals surface area contributed by atoms with Gasteiger partial charge in [0.05, 0.1) is 7.11 Å². The van der Waals surface area contributed by atoms with Gasteiger partial charge in [-0.2, -0.15) is 0 Å². The molecule has 0 spiro atoms. The van der Waals surface area contributed by atoms with Gasteiger partial charge in [0.15, 0.2) is 5.58 Å². The summed E-state index contributed by atoms with van der Waals surface area (Å²) < 4.78 is 11.1. The quantitative estimate of drug-likeness (QED) is 0.434. The molecule has 0 aliphatic carbocycles. The Morgan fingerprint density at radius 3 is 2.50 bits per heavy atom. The minimum atomic E-state index is -0.146. The van der Waals surface area contributed by atoms with Crippen molar-refractivity contribution in [2.24, 2.45) is 0 Å². The van der Waals surface area contributed by atoms with Gasteiger partial charge in [-0.25, -0.2) is 4.98 Å². The van der Waals surface area contributed by atoms with Crippen molar-refractivity contribution < 1.29 is 13.9 Å². The summed E-state index contributed by atoms with van der Waals surface area (Å²) in [6.45, 7) is 6.22. The highest BCUT2D eigenvalue weighted by Gasteiger charge is 2.13. The van der Waals surface area contributed by atoms with Crippen LogP contribution in [0.5, 0.6) is 5.75 Å². The van der Waals surface area contributed by atoms with Crippen molar-refractivity contribution >= 4 is 22.7 Å². The van der Waals surface area contributed by atoms with Crippen LogP contribution in [0.4, 0.5) is 5.69 Å². The molecular formula is C25H24N2O3. The van der Waals surface area contributed by atoms with Crippen molar-refractivity contribution in [2.75, 3.05) is 12.4 Å². The van der Waals surface area contributed by atoms with Gasteiger partial charge in [-0.1, -0.05) is 32.0 Å². The number of benzene rings is 3. The zero-order chi connectivity index (χ0) is 21.3. The fourth-order valence-electron chi connectivity index (χ4n) is 3.26. The van der Waals surface area contributed by atoms with Crippen LogP contribution in [-0.2, 0) is 0 Å². The molecule has 0 atom stereocenters. The number of nitrogens with one attached hydrogen (secondary N) is 1. The van der Waals surface area contributed by atoms with Crippen molar-refractivity contribution in [3.63, 3.8) is 0 Å². The Kier molecular flexibility index (Phi) is 5.27. The minimum absolute atomic E-state index is 0.146. The van der Waals surface area contributed by atoms with E-state index in [1.165, 1.54) is 5.56 Å². The van der Waals surface area contributed by atoms with Crippen molar-refractivity contribution in [1.82, 2.24) is 4.98 Å². The summed E-state index contributed by atoms with van der Waals surface area (Å²) >= 11 is 0. The Labute approximate surface area is 175 Å². The molecular weight excluding hydrogens is 376 g/mol. The second kappa shape index (κ2) is 8.03. The first-order valence-corrected chi connectivity index (χ1v) is 9.91. The van der Waals surface area contributed by atoms with Gasteiger partial charge in [-0.05, 0) is 60.4 Å². The summed E-state index contributed by atoms with van der Waals surface area (Å²) in [6, 6.07) is 19.0. The molecule has 0 saturated heterocycles. The first-order valence-electron chi connectivity index (χ1n) is 9.91. The lowest BCUT2D eigenvalue weighted by atomic mass is 10.0. The normalized spacial score (nSPS) is 11.1. The molecule has 1 N–H and O–H groups in total. The molecule has 0 aliphatic heterocycles. The van der Waals surface area contributed by atoms with Crippen LogP contribution in [0.25, 0.3) is 22.6 Å². The summed E-state index contributed by atoms with van der Waals surface area (Å²) in [5, 5.41) is 3.01. The number of hydrogen-bond donors (Lipinski definition) is 1. The average Bonchev–Trinajstić information content (AvgIpc) is 3.18. The number of carbonyl (C=O) groups excluding carboxylic acids is 1. The van der Waals surface area contributed by atoms with Crippen LogP contribution in [0.1, 0.15) is 41.3 Å². The van der Waals surface area contributed by atoms with Crippen molar-refractivity contribution in [1.29, 1.82) is 0 Å². The van der Waals surface area contributed by atoms with E-state index in [9.17, 15) is 4.79 Å². The maximum atomic E-state index is 12.7. The molecule has 30 heavy (non-hydrogen) atoms. The van der Waals surface area contributed by atoms with Gasteiger partial charge in [0.1, 0.15) is 11.3 Å². The number of methoxy groups -OCH3 is 1. The van der Waals surface area contributed by atoms with Gasteiger partial charge in [0.2, 0.25) is 5.89 Å². The van der Waals surface area contributed by atoms with Crippen molar-refractivity contribution in [3.05, 3.63) is 77.4 Å². The van der Waals surface area contributed by atoms with Gasteiger partial charge < -0.3 is 14.5 Å². The van der Waals surface area contributed by atoms with Crippen LogP contribution in [-0.4, -0.2) is 18.0 Å². The number of nitrogens with zero attached hydrogens (tertiary/aromatic N) is 1. The molecule has 1 amide bonds. The molecule has 152 valence electrons. The van der Waals surface area contributed by atoms with E-state index in [0.717, 1.165) is 28.1 Å². The summed E-state index contributed by atoms with van der Waals surface area (Å²) in [7, 11) is 1.62. The third kappa shape index (κ3) is 3.92. The number of hydrogen-bond acceptors (Lipinski definition) is 4. The number of rotatable bonds is 5. The predicted molar refractivity (Wildman–Crippen MR) is 119 cm³/mol. The highest BCUT2D eigenvalue weighted by molar-refractivity contribution is 6.05. The fourth-order valence-corrected chi connectivity index (χ4v) is 3.26. The molecule has 4 aromatic rings. The number of aromatic nitrogens is 1. The van der Waals surface area contributed by atoms with Gasteiger partial charge in [0.25, 0.3) is 5.91 Å². The molecule has 0 unspecified atom stereocenters. The van der Waals surface area contributed by atoms with Crippen molar-refractivity contribution in [2.45, 2.75) is 26.7 Å². The van der Waals surface area contributed by atoms with E-state index in [-0.39, 0.29) is 5.91 Å².